The van der Waals surface area contributed by atoms with Crippen LogP contribution in [0.1, 0.15) is 19.3 Å². The Morgan fingerprint density at radius 1 is 1.42 bits per heavy atom. The summed E-state index contributed by atoms with van der Waals surface area (Å²) in [7, 11) is 0. The highest BCUT2D eigenvalue weighted by atomic mass is 19.1. The Hall–Kier alpha value is -2.11. The highest BCUT2D eigenvalue weighted by Gasteiger charge is 2.20. The number of likely N-dealkylation sites (tertiary alicyclic amines) is 1. The van der Waals surface area contributed by atoms with Gasteiger partial charge in [0.25, 0.3) is 0 Å². The van der Waals surface area contributed by atoms with Crippen molar-refractivity contribution < 1.29 is 14.0 Å². The molecule has 1 saturated heterocycles. The summed E-state index contributed by atoms with van der Waals surface area (Å²) in [6.45, 7) is 0.569. The monoisotopic (exact) mass is 265 g/mol. The number of halogens is 1. The van der Waals surface area contributed by atoms with Crippen LogP contribution in [0.25, 0.3) is 0 Å². The molecule has 0 unspecified atom stereocenters. The summed E-state index contributed by atoms with van der Waals surface area (Å²) >= 11 is 0. The number of nitrogen functional groups attached to an aromatic ring is 1. The lowest BCUT2D eigenvalue weighted by atomic mass is 10.1. The van der Waals surface area contributed by atoms with Crippen molar-refractivity contribution in [3.63, 3.8) is 0 Å². The molecule has 5 nitrogen and oxygen atoms in total. The lowest BCUT2D eigenvalue weighted by molar-refractivity contribution is -0.136. The highest BCUT2D eigenvalue weighted by molar-refractivity contribution is 5.96. The van der Waals surface area contributed by atoms with Crippen LogP contribution >= 0.6 is 0 Å². The first kappa shape index (κ1) is 13.3. The molecule has 102 valence electrons. The SMILES string of the molecule is Nc1ccc(F)cc1NC(=O)CN1CCCCC1=O. The Bertz CT molecular complexity index is 505. The van der Waals surface area contributed by atoms with Gasteiger partial charge >= 0.3 is 0 Å². The maximum Gasteiger partial charge on any atom is 0.244 e. The molecular formula is C13H16FN3O2. The summed E-state index contributed by atoms with van der Waals surface area (Å²) in [5.74, 6) is -0.861. The molecule has 1 heterocycles. The summed E-state index contributed by atoms with van der Waals surface area (Å²) in [5, 5.41) is 2.52. The van der Waals surface area contributed by atoms with Gasteiger partial charge in [0.05, 0.1) is 17.9 Å². The van der Waals surface area contributed by atoms with Crippen LogP contribution in [0.3, 0.4) is 0 Å². The first-order valence-corrected chi connectivity index (χ1v) is 6.19. The van der Waals surface area contributed by atoms with Crippen molar-refractivity contribution in [3.8, 4) is 0 Å². The Balaban J connectivity index is 1.97. The third-order valence-corrected chi connectivity index (χ3v) is 3.05. The molecule has 1 fully saturated rings. The number of benzene rings is 1. The van der Waals surface area contributed by atoms with Crippen molar-refractivity contribution in [2.45, 2.75) is 19.3 Å². The first-order chi connectivity index (χ1) is 9.06. The lowest BCUT2D eigenvalue weighted by Gasteiger charge is -2.26. The number of carbonyl (C=O) groups is 2. The fourth-order valence-electron chi connectivity index (χ4n) is 2.03. The number of piperidine rings is 1. The van der Waals surface area contributed by atoms with Crippen molar-refractivity contribution in [1.29, 1.82) is 0 Å². The van der Waals surface area contributed by atoms with Gasteiger partial charge < -0.3 is 16.0 Å². The van der Waals surface area contributed by atoms with Gasteiger partial charge in [-0.2, -0.15) is 0 Å². The van der Waals surface area contributed by atoms with Gasteiger partial charge in [-0.1, -0.05) is 0 Å². The summed E-state index contributed by atoms with van der Waals surface area (Å²) in [6, 6.07) is 3.77. The molecule has 0 saturated carbocycles. The van der Waals surface area contributed by atoms with Gasteiger partial charge in [0, 0.05) is 13.0 Å². The van der Waals surface area contributed by atoms with Crippen LogP contribution in [-0.4, -0.2) is 29.8 Å². The number of anilines is 2. The molecule has 1 aromatic carbocycles. The van der Waals surface area contributed by atoms with Gasteiger partial charge in [-0.25, -0.2) is 4.39 Å². The van der Waals surface area contributed by atoms with E-state index in [2.05, 4.69) is 5.32 Å². The maximum absolute atomic E-state index is 13.0. The Morgan fingerprint density at radius 2 is 2.21 bits per heavy atom. The quantitative estimate of drug-likeness (QED) is 0.810. The van der Waals surface area contributed by atoms with Gasteiger partial charge in [0.1, 0.15) is 5.82 Å². The Labute approximate surface area is 110 Å². The molecule has 0 radical (unpaired) electrons. The number of carbonyl (C=O) groups excluding carboxylic acids is 2. The number of nitrogens with two attached hydrogens (primary N) is 1. The zero-order chi connectivity index (χ0) is 13.8. The fraction of sp³-hybridized carbons (Fsp3) is 0.385. The number of hydrogen-bond acceptors (Lipinski definition) is 3. The fourth-order valence-corrected chi connectivity index (χ4v) is 2.03. The van der Waals surface area contributed by atoms with Crippen molar-refractivity contribution >= 4 is 23.2 Å². The summed E-state index contributed by atoms with van der Waals surface area (Å²) < 4.78 is 13.0. The first-order valence-electron chi connectivity index (χ1n) is 6.19. The predicted molar refractivity (Wildman–Crippen MR) is 69.9 cm³/mol. The molecule has 1 aromatic rings. The van der Waals surface area contributed by atoms with Crippen molar-refractivity contribution in [2.75, 3.05) is 24.1 Å². The van der Waals surface area contributed by atoms with Crippen molar-refractivity contribution in [1.82, 2.24) is 4.90 Å². The van der Waals surface area contributed by atoms with Crippen LogP contribution in [0, 0.1) is 5.82 Å². The number of nitrogens with zero attached hydrogens (tertiary/aromatic N) is 1. The van der Waals surface area contributed by atoms with Gasteiger partial charge in [0.15, 0.2) is 0 Å². The molecule has 3 N–H and O–H groups in total. The van der Waals surface area contributed by atoms with Crippen LogP contribution in [0.2, 0.25) is 0 Å². The molecule has 2 amide bonds. The Kier molecular flexibility index (Phi) is 3.99. The molecule has 0 aliphatic carbocycles. The second kappa shape index (κ2) is 5.69. The lowest BCUT2D eigenvalue weighted by Crippen LogP contribution is -2.40. The largest absolute Gasteiger partial charge is 0.397 e. The van der Waals surface area contributed by atoms with Gasteiger partial charge in [-0.15, -0.1) is 0 Å². The molecule has 1 aliphatic heterocycles. The van der Waals surface area contributed by atoms with E-state index < -0.39 is 5.82 Å². The summed E-state index contributed by atoms with van der Waals surface area (Å²) in [6.07, 6.45) is 2.25. The van der Waals surface area contributed by atoms with E-state index in [1.807, 2.05) is 0 Å². The minimum Gasteiger partial charge on any atom is -0.397 e. The van der Waals surface area contributed by atoms with Gasteiger partial charge in [-0.05, 0) is 31.0 Å². The maximum atomic E-state index is 13.0. The summed E-state index contributed by atoms with van der Waals surface area (Å²) in [4.78, 5) is 24.9. The average Bonchev–Trinajstić information content (AvgIpc) is 2.37. The Morgan fingerprint density at radius 3 is 2.95 bits per heavy atom. The number of rotatable bonds is 3. The van der Waals surface area contributed by atoms with Crippen LogP contribution in [0.5, 0.6) is 0 Å². The normalized spacial score (nSPS) is 15.4. The van der Waals surface area contributed by atoms with E-state index in [-0.39, 0.29) is 24.0 Å². The zero-order valence-corrected chi connectivity index (χ0v) is 10.5. The van der Waals surface area contributed by atoms with E-state index in [0.29, 0.717) is 18.7 Å². The van der Waals surface area contributed by atoms with E-state index in [1.54, 1.807) is 0 Å². The average molecular weight is 265 g/mol. The van der Waals surface area contributed by atoms with E-state index >= 15 is 0 Å². The van der Waals surface area contributed by atoms with E-state index in [4.69, 9.17) is 5.73 Å². The number of amides is 2. The minimum absolute atomic E-state index is 0.0191. The number of nitrogens with one attached hydrogen (secondary N) is 1. The molecule has 0 aromatic heterocycles. The highest BCUT2D eigenvalue weighted by Crippen LogP contribution is 2.19. The summed E-state index contributed by atoms with van der Waals surface area (Å²) in [5.41, 5.74) is 6.16. The third-order valence-electron chi connectivity index (χ3n) is 3.05. The molecule has 0 spiro atoms. The zero-order valence-electron chi connectivity index (χ0n) is 10.5. The smallest absolute Gasteiger partial charge is 0.244 e. The van der Waals surface area contributed by atoms with Gasteiger partial charge in [0.2, 0.25) is 11.8 Å². The van der Waals surface area contributed by atoms with Crippen LogP contribution < -0.4 is 11.1 Å². The van der Waals surface area contributed by atoms with Gasteiger partial charge in [-0.3, -0.25) is 9.59 Å². The third kappa shape index (κ3) is 3.43. The van der Waals surface area contributed by atoms with Crippen molar-refractivity contribution in [3.05, 3.63) is 24.0 Å². The van der Waals surface area contributed by atoms with Crippen molar-refractivity contribution in [2.24, 2.45) is 0 Å². The standard InChI is InChI=1S/C13H16FN3O2/c14-9-4-5-10(15)11(7-9)16-12(18)8-17-6-2-1-3-13(17)19/h4-5,7H,1-3,6,8,15H2,(H,16,18). The molecular weight excluding hydrogens is 249 g/mol. The second-order valence-corrected chi connectivity index (χ2v) is 4.55. The number of hydrogen-bond donors (Lipinski definition) is 2. The van der Waals surface area contributed by atoms with Crippen LogP contribution in [0.15, 0.2) is 18.2 Å². The van der Waals surface area contributed by atoms with Crippen LogP contribution in [0.4, 0.5) is 15.8 Å². The molecule has 1 aliphatic rings. The molecule has 0 bridgehead atoms. The second-order valence-electron chi connectivity index (χ2n) is 4.55. The van der Waals surface area contributed by atoms with Crippen LogP contribution in [-0.2, 0) is 9.59 Å². The topological polar surface area (TPSA) is 75.4 Å². The predicted octanol–water partition coefficient (Wildman–Crippen LogP) is 1.36. The molecule has 19 heavy (non-hydrogen) atoms. The van der Waals surface area contributed by atoms with E-state index in [1.165, 1.54) is 17.0 Å². The minimum atomic E-state index is -0.474. The molecule has 6 heteroatoms. The molecule has 2 rings (SSSR count). The molecule has 0 atom stereocenters. The van der Waals surface area contributed by atoms with E-state index in [0.717, 1.165) is 18.9 Å². The van der Waals surface area contributed by atoms with E-state index in [9.17, 15) is 14.0 Å².